The first kappa shape index (κ1) is 26.1. The van der Waals surface area contributed by atoms with Gasteiger partial charge in [-0.15, -0.1) is 0 Å². The smallest absolute Gasteiger partial charge is 0.300 e. The van der Waals surface area contributed by atoms with E-state index in [2.05, 4.69) is 0 Å². The molecule has 1 unspecified atom stereocenters. The molecule has 1 aliphatic rings. The maximum Gasteiger partial charge on any atom is 0.300 e. The average molecular weight is 540 g/mol. The Bertz CT molecular complexity index is 1530. The Balaban J connectivity index is 1.61. The van der Waals surface area contributed by atoms with Crippen LogP contribution in [0.4, 0.5) is 5.69 Å². The molecular weight excluding hydrogens is 514 g/mol. The Morgan fingerprint density at radius 1 is 0.872 bits per heavy atom. The van der Waals surface area contributed by atoms with E-state index in [4.69, 9.17) is 21.1 Å². The van der Waals surface area contributed by atoms with Gasteiger partial charge in [-0.3, -0.25) is 14.5 Å². The molecule has 0 bridgehead atoms. The number of para-hydroxylation sites is 1. The Labute approximate surface area is 231 Å². The van der Waals surface area contributed by atoms with Gasteiger partial charge < -0.3 is 14.6 Å². The third-order valence-electron chi connectivity index (χ3n) is 6.41. The quantitative estimate of drug-likeness (QED) is 0.149. The lowest BCUT2D eigenvalue weighted by atomic mass is 9.95. The van der Waals surface area contributed by atoms with E-state index in [0.29, 0.717) is 46.5 Å². The number of rotatable bonds is 8. The first-order valence-electron chi connectivity index (χ1n) is 12.5. The van der Waals surface area contributed by atoms with Crippen LogP contribution in [0.2, 0.25) is 5.02 Å². The van der Waals surface area contributed by atoms with Crippen molar-refractivity contribution in [2.45, 2.75) is 19.6 Å². The number of carbonyl (C=O) groups excluding carboxylic acids is 2. The predicted octanol–water partition coefficient (Wildman–Crippen LogP) is 6.94. The zero-order valence-corrected chi connectivity index (χ0v) is 22.0. The number of benzene rings is 4. The largest absolute Gasteiger partial charge is 0.507 e. The highest BCUT2D eigenvalue weighted by Gasteiger charge is 2.47. The van der Waals surface area contributed by atoms with Crippen LogP contribution in [0, 0.1) is 0 Å². The maximum absolute atomic E-state index is 13.5. The molecule has 0 radical (unpaired) electrons. The third kappa shape index (κ3) is 5.38. The van der Waals surface area contributed by atoms with Crippen LogP contribution in [0.5, 0.6) is 11.5 Å². The van der Waals surface area contributed by atoms with Gasteiger partial charge in [0.15, 0.2) is 0 Å². The molecule has 0 saturated carbocycles. The summed E-state index contributed by atoms with van der Waals surface area (Å²) in [6.07, 6.45) is 0. The molecule has 5 rings (SSSR count). The minimum Gasteiger partial charge on any atom is -0.507 e. The SMILES string of the molecule is CCOc1cc(/C(O)=C2/C(=O)C(=O)N(c3ccccc3)C2c2cccc(OCc3ccccc3)c2)ccc1Cl. The fraction of sp³-hybridized carbons (Fsp3) is 0.125. The van der Waals surface area contributed by atoms with E-state index in [-0.39, 0.29) is 11.3 Å². The standard InChI is InChI=1S/C32H26ClNO5/c1-2-38-27-19-23(16-17-26(27)33)30(35)28-29(34(32(37)31(28)36)24-13-7-4-8-14-24)22-12-9-15-25(18-22)39-20-21-10-5-3-6-11-21/h3-19,29,35H,2,20H2,1H3/b30-28-. The van der Waals surface area contributed by atoms with E-state index in [9.17, 15) is 14.7 Å². The minimum atomic E-state index is -0.890. The van der Waals surface area contributed by atoms with Gasteiger partial charge in [-0.25, -0.2) is 0 Å². The number of ether oxygens (including phenoxy) is 2. The minimum absolute atomic E-state index is 0.0335. The van der Waals surface area contributed by atoms with E-state index < -0.39 is 17.7 Å². The van der Waals surface area contributed by atoms with Crippen molar-refractivity contribution >= 4 is 34.7 Å². The lowest BCUT2D eigenvalue weighted by Crippen LogP contribution is -2.29. The molecule has 1 amide bonds. The summed E-state index contributed by atoms with van der Waals surface area (Å²) in [6.45, 7) is 2.55. The number of aliphatic hydroxyl groups is 1. The van der Waals surface area contributed by atoms with Crippen molar-refractivity contribution in [2.75, 3.05) is 11.5 Å². The number of carbonyl (C=O) groups is 2. The first-order chi connectivity index (χ1) is 19.0. The van der Waals surface area contributed by atoms with Gasteiger partial charge in [-0.05, 0) is 60.5 Å². The summed E-state index contributed by atoms with van der Waals surface area (Å²) in [4.78, 5) is 28.3. The van der Waals surface area contributed by atoms with Crippen molar-refractivity contribution in [3.8, 4) is 11.5 Å². The van der Waals surface area contributed by atoms with Gasteiger partial charge in [-0.1, -0.05) is 72.3 Å². The molecular formula is C32H26ClNO5. The average Bonchev–Trinajstić information content (AvgIpc) is 3.24. The summed E-state index contributed by atoms with van der Waals surface area (Å²) in [5.74, 6) is -0.897. The molecule has 0 aromatic heterocycles. The number of Topliss-reactive ketones (excluding diaryl/α,β-unsaturated/α-hetero) is 1. The molecule has 0 aliphatic carbocycles. The normalized spacial score (nSPS) is 16.4. The van der Waals surface area contributed by atoms with Gasteiger partial charge in [-0.2, -0.15) is 0 Å². The fourth-order valence-corrected chi connectivity index (χ4v) is 4.76. The number of halogens is 1. The van der Waals surface area contributed by atoms with Gasteiger partial charge in [0.25, 0.3) is 11.7 Å². The second-order valence-electron chi connectivity index (χ2n) is 8.93. The van der Waals surface area contributed by atoms with Crippen molar-refractivity contribution in [1.29, 1.82) is 0 Å². The summed E-state index contributed by atoms with van der Waals surface area (Å²) in [6, 6.07) is 29.7. The molecule has 1 saturated heterocycles. The van der Waals surface area contributed by atoms with Crippen LogP contribution in [-0.4, -0.2) is 23.4 Å². The van der Waals surface area contributed by atoms with Crippen LogP contribution in [-0.2, 0) is 16.2 Å². The van der Waals surface area contributed by atoms with Crippen LogP contribution in [0.1, 0.15) is 29.7 Å². The molecule has 7 heteroatoms. The highest BCUT2D eigenvalue weighted by atomic mass is 35.5. The van der Waals surface area contributed by atoms with Crippen LogP contribution in [0.25, 0.3) is 5.76 Å². The number of amides is 1. The van der Waals surface area contributed by atoms with Gasteiger partial charge in [0.1, 0.15) is 23.9 Å². The Morgan fingerprint density at radius 3 is 2.31 bits per heavy atom. The molecule has 1 N–H and O–H groups in total. The lowest BCUT2D eigenvalue weighted by molar-refractivity contribution is -0.132. The molecule has 196 valence electrons. The summed E-state index contributed by atoms with van der Waals surface area (Å²) < 4.78 is 11.6. The predicted molar refractivity (Wildman–Crippen MR) is 151 cm³/mol. The van der Waals surface area contributed by atoms with E-state index >= 15 is 0 Å². The van der Waals surface area contributed by atoms with Crippen molar-refractivity contribution in [2.24, 2.45) is 0 Å². The molecule has 1 heterocycles. The second-order valence-corrected chi connectivity index (χ2v) is 9.34. The van der Waals surface area contributed by atoms with Crippen molar-refractivity contribution < 1.29 is 24.2 Å². The lowest BCUT2D eigenvalue weighted by Gasteiger charge is -2.25. The summed E-state index contributed by atoms with van der Waals surface area (Å²) >= 11 is 6.24. The van der Waals surface area contributed by atoms with Gasteiger partial charge in [0.05, 0.1) is 23.2 Å². The van der Waals surface area contributed by atoms with E-state index in [1.807, 2.05) is 55.5 Å². The summed E-state index contributed by atoms with van der Waals surface area (Å²) in [5.41, 5.74) is 2.44. The Hall–Kier alpha value is -4.55. The number of aliphatic hydroxyl groups excluding tert-OH is 1. The van der Waals surface area contributed by atoms with Gasteiger partial charge in [0.2, 0.25) is 0 Å². The van der Waals surface area contributed by atoms with E-state index in [1.165, 1.54) is 4.90 Å². The zero-order chi connectivity index (χ0) is 27.4. The molecule has 6 nitrogen and oxygen atoms in total. The molecule has 0 spiro atoms. The van der Waals surface area contributed by atoms with Crippen LogP contribution >= 0.6 is 11.6 Å². The van der Waals surface area contributed by atoms with E-state index in [0.717, 1.165) is 5.56 Å². The van der Waals surface area contributed by atoms with Crippen LogP contribution in [0.3, 0.4) is 0 Å². The molecule has 1 atom stereocenters. The monoisotopic (exact) mass is 539 g/mol. The number of ketones is 1. The summed E-state index contributed by atoms with van der Waals surface area (Å²) in [7, 11) is 0. The first-order valence-corrected chi connectivity index (χ1v) is 12.9. The number of nitrogens with zero attached hydrogens (tertiary/aromatic N) is 1. The van der Waals surface area contributed by atoms with Crippen LogP contribution < -0.4 is 14.4 Å². The maximum atomic E-state index is 13.5. The molecule has 1 aliphatic heterocycles. The van der Waals surface area contributed by atoms with Crippen molar-refractivity contribution in [1.82, 2.24) is 0 Å². The highest BCUT2D eigenvalue weighted by molar-refractivity contribution is 6.51. The van der Waals surface area contributed by atoms with Gasteiger partial charge in [0, 0.05) is 11.3 Å². The number of anilines is 1. The topological polar surface area (TPSA) is 76.1 Å². The fourth-order valence-electron chi connectivity index (χ4n) is 4.59. The van der Waals surface area contributed by atoms with Crippen LogP contribution in [0.15, 0.2) is 109 Å². The number of hydrogen-bond acceptors (Lipinski definition) is 5. The number of hydrogen-bond donors (Lipinski definition) is 1. The van der Waals surface area contributed by atoms with E-state index in [1.54, 1.807) is 54.6 Å². The Morgan fingerprint density at radius 2 is 1.59 bits per heavy atom. The Kier molecular flexibility index (Phi) is 7.66. The van der Waals surface area contributed by atoms with Gasteiger partial charge >= 0.3 is 0 Å². The molecule has 1 fully saturated rings. The second kappa shape index (κ2) is 11.5. The third-order valence-corrected chi connectivity index (χ3v) is 6.72. The highest BCUT2D eigenvalue weighted by Crippen LogP contribution is 2.43. The van der Waals surface area contributed by atoms with Crippen molar-refractivity contribution in [3.05, 3.63) is 130 Å². The zero-order valence-electron chi connectivity index (χ0n) is 21.2. The molecule has 4 aromatic carbocycles. The molecule has 4 aromatic rings. The van der Waals surface area contributed by atoms with Crippen molar-refractivity contribution in [3.63, 3.8) is 0 Å². The summed E-state index contributed by atoms with van der Waals surface area (Å²) in [5, 5.41) is 11.8. The molecule has 39 heavy (non-hydrogen) atoms.